The van der Waals surface area contributed by atoms with E-state index in [0.29, 0.717) is 29.9 Å². The first kappa shape index (κ1) is 19.9. The summed E-state index contributed by atoms with van der Waals surface area (Å²) in [5.74, 6) is 1.06. The highest BCUT2D eigenvalue weighted by atomic mass is 16.5. The van der Waals surface area contributed by atoms with Gasteiger partial charge in [0, 0.05) is 25.2 Å². The van der Waals surface area contributed by atoms with Gasteiger partial charge in [-0.15, -0.1) is 0 Å². The number of benzene rings is 2. The number of para-hydroxylation sites is 1. The molecule has 0 spiro atoms. The van der Waals surface area contributed by atoms with Crippen LogP contribution >= 0.6 is 0 Å². The zero-order valence-electron chi connectivity index (χ0n) is 17.2. The van der Waals surface area contributed by atoms with Crippen molar-refractivity contribution in [2.24, 2.45) is 5.92 Å². The van der Waals surface area contributed by atoms with Crippen LogP contribution in [0.3, 0.4) is 0 Å². The van der Waals surface area contributed by atoms with Crippen molar-refractivity contribution in [2.75, 3.05) is 19.7 Å². The summed E-state index contributed by atoms with van der Waals surface area (Å²) in [6, 6.07) is 18.0. The van der Waals surface area contributed by atoms with Crippen molar-refractivity contribution in [2.45, 2.75) is 45.1 Å². The van der Waals surface area contributed by atoms with Crippen molar-refractivity contribution in [3.8, 4) is 5.75 Å². The molecule has 2 aromatic carbocycles. The number of fused-ring (bicyclic) bond motifs is 1. The largest absolute Gasteiger partial charge is 0.488 e. The van der Waals surface area contributed by atoms with Gasteiger partial charge in [0.2, 0.25) is 0 Å². The van der Waals surface area contributed by atoms with E-state index in [0.717, 1.165) is 31.7 Å². The van der Waals surface area contributed by atoms with Crippen LogP contribution in [0.1, 0.15) is 36.2 Å². The molecule has 0 aliphatic carbocycles. The third-order valence-electron chi connectivity index (χ3n) is 5.89. The Hall–Kier alpha value is -2.37. The summed E-state index contributed by atoms with van der Waals surface area (Å²) < 4.78 is 12.0. The van der Waals surface area contributed by atoms with Gasteiger partial charge in [-0.2, -0.15) is 0 Å². The Morgan fingerprint density at radius 3 is 2.69 bits per heavy atom. The van der Waals surface area contributed by atoms with Crippen molar-refractivity contribution >= 4 is 5.91 Å². The average molecular weight is 395 g/mol. The van der Waals surface area contributed by atoms with E-state index in [1.807, 2.05) is 54.6 Å². The number of carbonyl (C=O) groups excluding carboxylic acids is 1. The standard InChI is InChI=1S/C24H30N2O3/c1-17(2)23-14-26-13-19(12-20(26)16-29-23)25-24(27)21-10-6-7-11-22(21)28-15-18-8-4-3-5-9-18/h3-11,17,19-20,23H,12-16H2,1-2H3,(H,25,27)/t19-,20-,23-/m0/s1. The maximum atomic E-state index is 13.0. The normalized spacial score (nSPS) is 24.3. The number of ether oxygens (including phenoxy) is 2. The van der Waals surface area contributed by atoms with Gasteiger partial charge >= 0.3 is 0 Å². The highest BCUT2D eigenvalue weighted by Crippen LogP contribution is 2.27. The summed E-state index contributed by atoms with van der Waals surface area (Å²) >= 11 is 0. The molecule has 1 amide bonds. The zero-order valence-corrected chi connectivity index (χ0v) is 17.2. The molecule has 29 heavy (non-hydrogen) atoms. The Kier molecular flexibility index (Phi) is 6.16. The molecule has 2 aromatic rings. The van der Waals surface area contributed by atoms with Crippen LogP contribution in [0.2, 0.25) is 0 Å². The van der Waals surface area contributed by atoms with Gasteiger partial charge < -0.3 is 14.8 Å². The number of rotatable bonds is 6. The van der Waals surface area contributed by atoms with Crippen LogP contribution in [-0.2, 0) is 11.3 Å². The van der Waals surface area contributed by atoms with Gasteiger partial charge in [-0.1, -0.05) is 56.3 Å². The summed E-state index contributed by atoms with van der Waals surface area (Å²) in [5, 5.41) is 3.22. The molecule has 0 unspecified atom stereocenters. The fraction of sp³-hybridized carbons (Fsp3) is 0.458. The number of amides is 1. The first-order chi connectivity index (χ1) is 14.1. The number of nitrogens with zero attached hydrogens (tertiary/aromatic N) is 1. The predicted molar refractivity (Wildman–Crippen MR) is 113 cm³/mol. The maximum absolute atomic E-state index is 13.0. The number of hydrogen-bond donors (Lipinski definition) is 1. The Labute approximate surface area is 173 Å². The molecule has 1 N–H and O–H groups in total. The number of hydrogen-bond acceptors (Lipinski definition) is 4. The monoisotopic (exact) mass is 394 g/mol. The minimum Gasteiger partial charge on any atom is -0.488 e. The Bertz CT molecular complexity index is 824. The van der Waals surface area contributed by atoms with Crippen molar-refractivity contribution < 1.29 is 14.3 Å². The van der Waals surface area contributed by atoms with Gasteiger partial charge in [-0.3, -0.25) is 9.69 Å². The highest BCUT2D eigenvalue weighted by Gasteiger charge is 2.38. The van der Waals surface area contributed by atoms with Gasteiger partial charge in [0.05, 0.1) is 18.3 Å². The first-order valence-electron chi connectivity index (χ1n) is 10.5. The lowest BCUT2D eigenvalue weighted by atomic mass is 10.0. The second kappa shape index (κ2) is 8.97. The third-order valence-corrected chi connectivity index (χ3v) is 5.89. The molecule has 5 nitrogen and oxygen atoms in total. The lowest BCUT2D eigenvalue weighted by Gasteiger charge is -2.36. The minimum absolute atomic E-state index is 0.0696. The molecule has 154 valence electrons. The van der Waals surface area contributed by atoms with Crippen LogP contribution < -0.4 is 10.1 Å². The van der Waals surface area contributed by atoms with Crippen LogP contribution in [0.5, 0.6) is 5.75 Å². The molecule has 2 saturated heterocycles. The van der Waals surface area contributed by atoms with E-state index in [1.54, 1.807) is 0 Å². The smallest absolute Gasteiger partial charge is 0.255 e. The van der Waals surface area contributed by atoms with Crippen LogP contribution in [-0.4, -0.2) is 48.7 Å². The molecule has 0 aromatic heterocycles. The quantitative estimate of drug-likeness (QED) is 0.815. The first-order valence-corrected chi connectivity index (χ1v) is 10.5. The second-order valence-corrected chi connectivity index (χ2v) is 8.40. The minimum atomic E-state index is -0.0696. The lowest BCUT2D eigenvalue weighted by Crippen LogP contribution is -2.48. The molecular formula is C24H30N2O3. The SMILES string of the molecule is CC(C)[C@@H]1CN2C[C@@H](NC(=O)c3ccccc3OCc3ccccc3)C[C@H]2CO1. The fourth-order valence-electron chi connectivity index (χ4n) is 4.19. The molecule has 3 atom stereocenters. The molecule has 2 heterocycles. The molecule has 0 radical (unpaired) electrons. The van der Waals surface area contributed by atoms with E-state index >= 15 is 0 Å². The summed E-state index contributed by atoms with van der Waals surface area (Å²) in [5.41, 5.74) is 1.67. The molecule has 2 aliphatic heterocycles. The van der Waals surface area contributed by atoms with Crippen LogP contribution in [0.15, 0.2) is 54.6 Å². The predicted octanol–water partition coefficient (Wildman–Crippen LogP) is 3.49. The van der Waals surface area contributed by atoms with Crippen LogP contribution in [0.4, 0.5) is 0 Å². The highest BCUT2D eigenvalue weighted by molar-refractivity contribution is 5.97. The lowest BCUT2D eigenvalue weighted by molar-refractivity contribution is -0.0683. The van der Waals surface area contributed by atoms with Gasteiger partial charge in [0.1, 0.15) is 12.4 Å². The Morgan fingerprint density at radius 2 is 1.90 bits per heavy atom. The third kappa shape index (κ3) is 4.80. The van der Waals surface area contributed by atoms with Crippen LogP contribution in [0, 0.1) is 5.92 Å². The summed E-state index contributed by atoms with van der Waals surface area (Å²) in [4.78, 5) is 15.4. The van der Waals surface area contributed by atoms with Crippen molar-refractivity contribution in [1.29, 1.82) is 0 Å². The topological polar surface area (TPSA) is 50.8 Å². The number of carbonyl (C=O) groups is 1. The molecule has 2 aliphatic rings. The van der Waals surface area contributed by atoms with Gasteiger partial charge in [-0.25, -0.2) is 0 Å². The number of nitrogens with one attached hydrogen (secondary N) is 1. The van der Waals surface area contributed by atoms with Gasteiger partial charge in [0.15, 0.2) is 0 Å². The Morgan fingerprint density at radius 1 is 1.14 bits per heavy atom. The Balaban J connectivity index is 1.37. The maximum Gasteiger partial charge on any atom is 0.255 e. The van der Waals surface area contributed by atoms with E-state index in [9.17, 15) is 4.79 Å². The van der Waals surface area contributed by atoms with Crippen molar-refractivity contribution in [1.82, 2.24) is 10.2 Å². The van der Waals surface area contributed by atoms with Crippen molar-refractivity contribution in [3.05, 3.63) is 65.7 Å². The van der Waals surface area contributed by atoms with E-state index in [4.69, 9.17) is 9.47 Å². The molecule has 5 heteroatoms. The molecule has 0 bridgehead atoms. The van der Waals surface area contributed by atoms with E-state index in [-0.39, 0.29) is 18.1 Å². The van der Waals surface area contributed by atoms with E-state index < -0.39 is 0 Å². The molecular weight excluding hydrogens is 364 g/mol. The fourth-order valence-corrected chi connectivity index (χ4v) is 4.19. The molecule has 4 rings (SSSR count). The summed E-state index contributed by atoms with van der Waals surface area (Å²) in [6.45, 7) is 7.44. The second-order valence-electron chi connectivity index (χ2n) is 8.40. The van der Waals surface area contributed by atoms with E-state index in [1.165, 1.54) is 0 Å². The average Bonchev–Trinajstić information content (AvgIpc) is 3.14. The summed E-state index contributed by atoms with van der Waals surface area (Å²) in [7, 11) is 0. The van der Waals surface area contributed by atoms with Crippen molar-refractivity contribution in [3.63, 3.8) is 0 Å². The molecule has 2 fully saturated rings. The molecule has 0 saturated carbocycles. The van der Waals surface area contributed by atoms with Gasteiger partial charge in [-0.05, 0) is 30.0 Å². The summed E-state index contributed by atoms with van der Waals surface area (Å²) in [6.07, 6.45) is 1.22. The number of morpholine rings is 1. The van der Waals surface area contributed by atoms with Gasteiger partial charge in [0.25, 0.3) is 5.91 Å². The van der Waals surface area contributed by atoms with Crippen LogP contribution in [0.25, 0.3) is 0 Å². The van der Waals surface area contributed by atoms with E-state index in [2.05, 4.69) is 24.1 Å². The zero-order chi connectivity index (χ0) is 20.2.